The Morgan fingerprint density at radius 2 is 2.11 bits per heavy atom. The Morgan fingerprint density at radius 3 is 2.84 bits per heavy atom. The zero-order chi connectivity index (χ0) is 13.3. The number of nitrogens with zero attached hydrogens (tertiary/aromatic N) is 1. The van der Waals surface area contributed by atoms with Crippen LogP contribution in [-0.4, -0.2) is 42.0 Å². The highest BCUT2D eigenvalue weighted by molar-refractivity contribution is 5.82. The number of likely N-dealkylation sites (tertiary alicyclic amines) is 1. The van der Waals surface area contributed by atoms with Gasteiger partial charge in [-0.3, -0.25) is 9.69 Å². The van der Waals surface area contributed by atoms with E-state index in [0.29, 0.717) is 11.9 Å². The van der Waals surface area contributed by atoms with Gasteiger partial charge in [-0.1, -0.05) is 19.8 Å². The van der Waals surface area contributed by atoms with Crippen LogP contribution < -0.4 is 0 Å². The Morgan fingerprint density at radius 1 is 1.32 bits per heavy atom. The maximum absolute atomic E-state index is 11.8. The topological polar surface area (TPSA) is 29.5 Å². The van der Waals surface area contributed by atoms with Crippen molar-refractivity contribution in [1.82, 2.24) is 4.90 Å². The van der Waals surface area contributed by atoms with Crippen molar-refractivity contribution < 1.29 is 9.53 Å². The number of hydrogen-bond acceptors (Lipinski definition) is 3. The fourth-order valence-electron chi connectivity index (χ4n) is 4.20. The second-order valence-corrected chi connectivity index (χ2v) is 6.75. The average Bonchev–Trinajstić information content (AvgIpc) is 3.03. The molecule has 0 aromatic rings. The van der Waals surface area contributed by atoms with Gasteiger partial charge in [-0.25, -0.2) is 0 Å². The minimum Gasteiger partial charge on any atom is -0.370 e. The number of Topliss-reactive ketones (excluding diaryl/α,β-unsaturated/α-hetero) is 1. The van der Waals surface area contributed by atoms with Gasteiger partial charge < -0.3 is 4.74 Å². The molecule has 2 heterocycles. The van der Waals surface area contributed by atoms with E-state index < -0.39 is 0 Å². The van der Waals surface area contributed by atoms with Crippen LogP contribution in [0.3, 0.4) is 0 Å². The van der Waals surface area contributed by atoms with Crippen LogP contribution in [0.25, 0.3) is 0 Å². The van der Waals surface area contributed by atoms with E-state index >= 15 is 0 Å². The lowest BCUT2D eigenvalue weighted by Gasteiger charge is -2.33. The maximum atomic E-state index is 11.8. The molecule has 2 saturated heterocycles. The first kappa shape index (κ1) is 13.6. The van der Waals surface area contributed by atoms with Gasteiger partial charge in [0.05, 0.1) is 11.7 Å². The fourth-order valence-corrected chi connectivity index (χ4v) is 4.20. The molecule has 1 spiro atoms. The highest BCUT2D eigenvalue weighted by Gasteiger charge is 2.42. The molecule has 2 unspecified atom stereocenters. The molecule has 3 aliphatic rings. The molecular weight excluding hydrogens is 238 g/mol. The normalized spacial score (nSPS) is 35.3. The standard InChI is InChI=1S/C16H27NO2/c1-2-13-11-17(10-6-15(13)18)12-14-5-9-16(19-14)7-3-4-8-16/h13-14H,2-12H2,1H3. The molecule has 0 radical (unpaired) electrons. The molecule has 2 atom stereocenters. The maximum Gasteiger partial charge on any atom is 0.138 e. The molecule has 0 N–H and O–H groups in total. The molecule has 0 bridgehead atoms. The van der Waals surface area contributed by atoms with Crippen molar-refractivity contribution in [3.63, 3.8) is 0 Å². The molecule has 108 valence electrons. The van der Waals surface area contributed by atoms with Crippen LogP contribution in [0.5, 0.6) is 0 Å². The van der Waals surface area contributed by atoms with Crippen LogP contribution >= 0.6 is 0 Å². The van der Waals surface area contributed by atoms with Gasteiger partial charge in [-0.15, -0.1) is 0 Å². The van der Waals surface area contributed by atoms with Crippen molar-refractivity contribution >= 4 is 5.78 Å². The van der Waals surface area contributed by atoms with Crippen LogP contribution in [0.1, 0.15) is 58.3 Å². The van der Waals surface area contributed by atoms with E-state index in [2.05, 4.69) is 11.8 Å². The predicted octanol–water partition coefficient (Wildman–Crippen LogP) is 2.78. The zero-order valence-corrected chi connectivity index (χ0v) is 12.2. The van der Waals surface area contributed by atoms with Gasteiger partial charge in [0.2, 0.25) is 0 Å². The molecule has 3 heteroatoms. The minimum atomic E-state index is 0.250. The highest BCUT2D eigenvalue weighted by atomic mass is 16.5. The lowest BCUT2D eigenvalue weighted by molar-refractivity contribution is -0.127. The number of ether oxygens (including phenoxy) is 1. The lowest BCUT2D eigenvalue weighted by Crippen LogP contribution is -2.44. The third kappa shape index (κ3) is 2.87. The summed E-state index contributed by atoms with van der Waals surface area (Å²) in [6.07, 6.45) is 9.90. The number of hydrogen-bond donors (Lipinski definition) is 0. The van der Waals surface area contributed by atoms with Crippen molar-refractivity contribution in [2.24, 2.45) is 5.92 Å². The van der Waals surface area contributed by atoms with E-state index in [9.17, 15) is 4.79 Å². The molecular formula is C16H27NO2. The van der Waals surface area contributed by atoms with Crippen LogP contribution in [0.15, 0.2) is 0 Å². The molecule has 0 aromatic carbocycles. The Bertz CT molecular complexity index is 336. The monoisotopic (exact) mass is 265 g/mol. The fraction of sp³-hybridized carbons (Fsp3) is 0.938. The van der Waals surface area contributed by atoms with Crippen molar-refractivity contribution in [3.05, 3.63) is 0 Å². The summed E-state index contributed by atoms with van der Waals surface area (Å²) < 4.78 is 6.38. The largest absolute Gasteiger partial charge is 0.370 e. The Kier molecular flexibility index (Phi) is 3.95. The smallest absolute Gasteiger partial charge is 0.138 e. The molecule has 3 nitrogen and oxygen atoms in total. The van der Waals surface area contributed by atoms with E-state index in [1.807, 2.05) is 0 Å². The van der Waals surface area contributed by atoms with E-state index in [1.165, 1.54) is 38.5 Å². The molecule has 19 heavy (non-hydrogen) atoms. The van der Waals surface area contributed by atoms with Gasteiger partial charge in [-0.2, -0.15) is 0 Å². The van der Waals surface area contributed by atoms with Crippen LogP contribution in [0.2, 0.25) is 0 Å². The minimum absolute atomic E-state index is 0.250. The summed E-state index contributed by atoms with van der Waals surface area (Å²) >= 11 is 0. The Balaban J connectivity index is 1.51. The summed E-state index contributed by atoms with van der Waals surface area (Å²) in [6.45, 7) is 5.08. The Hall–Kier alpha value is -0.410. The first-order valence-electron chi connectivity index (χ1n) is 8.14. The summed E-state index contributed by atoms with van der Waals surface area (Å²) in [4.78, 5) is 14.2. The number of ketones is 1. The van der Waals surface area contributed by atoms with Crippen LogP contribution in [0.4, 0.5) is 0 Å². The quantitative estimate of drug-likeness (QED) is 0.786. The molecule has 3 rings (SSSR count). The van der Waals surface area contributed by atoms with Crippen LogP contribution in [0, 0.1) is 5.92 Å². The first-order valence-corrected chi connectivity index (χ1v) is 8.14. The summed E-state index contributed by atoms with van der Waals surface area (Å²) in [6, 6.07) is 0. The summed E-state index contributed by atoms with van der Waals surface area (Å²) in [5.74, 6) is 0.744. The molecule has 1 aliphatic carbocycles. The molecule has 3 fully saturated rings. The van der Waals surface area contributed by atoms with Gasteiger partial charge in [0, 0.05) is 32.0 Å². The number of carbonyl (C=O) groups is 1. The van der Waals surface area contributed by atoms with Gasteiger partial charge >= 0.3 is 0 Å². The third-order valence-corrected chi connectivity index (χ3v) is 5.42. The predicted molar refractivity (Wildman–Crippen MR) is 75.2 cm³/mol. The zero-order valence-electron chi connectivity index (χ0n) is 12.2. The molecule has 1 saturated carbocycles. The van der Waals surface area contributed by atoms with E-state index in [0.717, 1.165) is 32.5 Å². The average molecular weight is 265 g/mol. The number of piperidine rings is 1. The van der Waals surface area contributed by atoms with Crippen LogP contribution in [-0.2, 0) is 9.53 Å². The highest BCUT2D eigenvalue weighted by Crippen LogP contribution is 2.43. The van der Waals surface area contributed by atoms with Crippen molar-refractivity contribution in [2.45, 2.75) is 70.0 Å². The van der Waals surface area contributed by atoms with Crippen molar-refractivity contribution in [3.8, 4) is 0 Å². The van der Waals surface area contributed by atoms with E-state index in [1.54, 1.807) is 0 Å². The van der Waals surface area contributed by atoms with Crippen molar-refractivity contribution in [1.29, 1.82) is 0 Å². The van der Waals surface area contributed by atoms with Gasteiger partial charge in [0.25, 0.3) is 0 Å². The van der Waals surface area contributed by atoms with Gasteiger partial charge in [0.1, 0.15) is 5.78 Å². The summed E-state index contributed by atoms with van der Waals surface area (Å²) in [5.41, 5.74) is 0.250. The van der Waals surface area contributed by atoms with Gasteiger partial charge in [0.15, 0.2) is 0 Å². The third-order valence-electron chi connectivity index (χ3n) is 5.42. The second kappa shape index (κ2) is 5.53. The number of rotatable bonds is 3. The summed E-state index contributed by atoms with van der Waals surface area (Å²) in [5, 5.41) is 0. The second-order valence-electron chi connectivity index (χ2n) is 6.75. The number of carbonyl (C=O) groups excluding carboxylic acids is 1. The lowest BCUT2D eigenvalue weighted by atomic mass is 9.94. The molecule has 0 amide bonds. The molecule has 2 aliphatic heterocycles. The van der Waals surface area contributed by atoms with Crippen molar-refractivity contribution in [2.75, 3.05) is 19.6 Å². The Labute approximate surface area is 116 Å². The summed E-state index contributed by atoms with van der Waals surface area (Å²) in [7, 11) is 0. The first-order chi connectivity index (χ1) is 9.21. The van der Waals surface area contributed by atoms with Gasteiger partial charge in [-0.05, 0) is 32.1 Å². The van der Waals surface area contributed by atoms with E-state index in [4.69, 9.17) is 4.74 Å². The SMILES string of the molecule is CCC1CN(CC2CCC3(CCCC3)O2)CCC1=O. The molecule has 0 aromatic heterocycles. The van der Waals surface area contributed by atoms with E-state index in [-0.39, 0.29) is 11.5 Å².